The quantitative estimate of drug-likeness (QED) is 0.313. The van der Waals surface area contributed by atoms with Gasteiger partial charge in [0.05, 0.1) is 6.04 Å². The van der Waals surface area contributed by atoms with E-state index in [1.54, 1.807) is 0 Å². The van der Waals surface area contributed by atoms with E-state index in [1.165, 1.54) is 16.6 Å². The molecule has 0 aliphatic carbocycles. The summed E-state index contributed by atoms with van der Waals surface area (Å²) < 4.78 is 33.0. The van der Waals surface area contributed by atoms with Gasteiger partial charge in [0.25, 0.3) is 5.88 Å². The van der Waals surface area contributed by atoms with Crippen LogP contribution in [0, 0.1) is 5.92 Å². The molecule has 1 amide bonds. The van der Waals surface area contributed by atoms with Gasteiger partial charge in [-0.2, -0.15) is 18.2 Å². The lowest BCUT2D eigenvalue weighted by molar-refractivity contribution is -0.192. The van der Waals surface area contributed by atoms with Crippen LogP contribution in [0.4, 0.5) is 13.2 Å². The zero-order chi connectivity index (χ0) is 24.0. The number of carbonyl (C=O) groups is 3. The molecule has 32 heavy (non-hydrogen) atoms. The fraction of sp³-hybridized carbons (Fsp3) is 0.500. The van der Waals surface area contributed by atoms with E-state index >= 15 is 0 Å². The fourth-order valence-corrected chi connectivity index (χ4v) is 4.80. The molecule has 1 aromatic rings. The van der Waals surface area contributed by atoms with E-state index in [4.69, 9.17) is 9.90 Å². The molecule has 0 radical (unpaired) electrons. The highest BCUT2D eigenvalue weighted by Gasteiger charge is 2.60. The number of thioether (sulfide) groups is 1. The number of carboxylic acid groups (broad SMARTS) is 2. The van der Waals surface area contributed by atoms with Crippen LogP contribution >= 0.6 is 11.8 Å². The number of hydrogen-bond donors (Lipinski definition) is 4. The predicted octanol–water partition coefficient (Wildman–Crippen LogP) is -0.852. The van der Waals surface area contributed by atoms with Crippen molar-refractivity contribution < 1.29 is 42.9 Å². The summed E-state index contributed by atoms with van der Waals surface area (Å²) in [4.78, 5) is 49.4. The van der Waals surface area contributed by atoms with Crippen molar-refractivity contribution in [1.82, 2.24) is 25.0 Å². The van der Waals surface area contributed by atoms with Crippen molar-refractivity contribution in [3.05, 3.63) is 21.6 Å². The van der Waals surface area contributed by atoms with E-state index in [1.807, 2.05) is 0 Å². The second-order valence-corrected chi connectivity index (χ2v) is 7.89. The van der Waals surface area contributed by atoms with Crippen LogP contribution in [0.15, 0.2) is 21.2 Å². The van der Waals surface area contributed by atoms with Gasteiger partial charge in [0.1, 0.15) is 11.7 Å². The lowest BCUT2D eigenvalue weighted by atomic mass is 9.80. The Morgan fingerprint density at radius 2 is 1.91 bits per heavy atom. The van der Waals surface area contributed by atoms with E-state index in [0.717, 1.165) is 18.2 Å². The van der Waals surface area contributed by atoms with Crippen LogP contribution in [0.25, 0.3) is 0 Å². The molecular weight excluding hydrogens is 463 g/mol. The van der Waals surface area contributed by atoms with Gasteiger partial charge < -0.3 is 20.6 Å². The number of aliphatic carboxylic acids is 2. The lowest BCUT2D eigenvalue weighted by Gasteiger charge is -2.48. The summed E-state index contributed by atoms with van der Waals surface area (Å²) in [7, 11) is 1.53. The number of rotatable bonds is 4. The summed E-state index contributed by atoms with van der Waals surface area (Å²) in [5, 5.41) is 33.1. The van der Waals surface area contributed by atoms with E-state index in [2.05, 4.69) is 15.4 Å². The van der Waals surface area contributed by atoms with Crippen molar-refractivity contribution in [2.45, 2.75) is 29.8 Å². The maximum absolute atomic E-state index is 12.2. The highest BCUT2D eigenvalue weighted by Crippen LogP contribution is 2.47. The first-order valence-electron chi connectivity index (χ1n) is 8.94. The summed E-state index contributed by atoms with van der Waals surface area (Å²) in [6.45, 7) is 0.657. The number of nitrogens with zero attached hydrogens (tertiary/aromatic N) is 4. The standard InChI is InChI=1S/C14H15N5O5S.C2HF3O2/c1-18-14(16-10(20)11(21)17-18)25-4-6-5-2-3-15-7-8(5)19(12(7)22)9(6)13(23)24;3-2(4,5)1(6)7/h5,7-8,15H,2-4H2,1H3,(H,17,21)(H,23,24);(H,6,7)/t5?,7-,8+;/m0./s1. The highest BCUT2D eigenvalue weighted by atomic mass is 32.2. The Kier molecular flexibility index (Phi) is 6.19. The molecule has 4 rings (SSSR count). The summed E-state index contributed by atoms with van der Waals surface area (Å²) in [6.07, 6.45) is -4.34. The fourth-order valence-electron chi connectivity index (χ4n) is 3.79. The number of piperidine rings is 1. The van der Waals surface area contributed by atoms with Crippen molar-refractivity contribution in [3.63, 3.8) is 0 Å². The van der Waals surface area contributed by atoms with Gasteiger partial charge in [-0.1, -0.05) is 11.8 Å². The predicted molar refractivity (Wildman–Crippen MR) is 98.5 cm³/mol. The van der Waals surface area contributed by atoms with Crippen molar-refractivity contribution in [1.29, 1.82) is 0 Å². The molecule has 12 nitrogen and oxygen atoms in total. The summed E-state index contributed by atoms with van der Waals surface area (Å²) in [5.41, 5.74) is -0.105. The number of β-lactam (4-membered cyclic amide) rings is 1. The number of carbonyl (C=O) groups excluding carboxylic acids is 1. The van der Waals surface area contributed by atoms with Gasteiger partial charge in [0.2, 0.25) is 5.91 Å². The zero-order valence-electron chi connectivity index (χ0n) is 16.2. The van der Waals surface area contributed by atoms with Crippen LogP contribution < -0.4 is 10.9 Å². The van der Waals surface area contributed by atoms with Crippen molar-refractivity contribution in [2.75, 3.05) is 12.3 Å². The van der Waals surface area contributed by atoms with E-state index in [9.17, 15) is 37.8 Å². The van der Waals surface area contributed by atoms with Crippen molar-refractivity contribution in [2.24, 2.45) is 13.0 Å². The van der Waals surface area contributed by atoms with Crippen molar-refractivity contribution in [3.8, 4) is 5.88 Å². The molecule has 16 heteroatoms. The number of aromatic hydroxyl groups is 1. The van der Waals surface area contributed by atoms with Crippen LogP contribution in [0.3, 0.4) is 0 Å². The zero-order valence-corrected chi connectivity index (χ0v) is 17.0. The average molecular weight is 479 g/mol. The van der Waals surface area contributed by atoms with Crippen LogP contribution in [0.2, 0.25) is 0 Å². The van der Waals surface area contributed by atoms with Gasteiger partial charge in [-0.05, 0) is 18.5 Å². The number of amides is 1. The Hall–Kier alpha value is -3.14. The molecule has 0 saturated carbocycles. The summed E-state index contributed by atoms with van der Waals surface area (Å²) >= 11 is 1.16. The number of hydrogen-bond acceptors (Lipinski definition) is 9. The minimum atomic E-state index is -5.08. The molecule has 0 spiro atoms. The first-order chi connectivity index (χ1) is 14.8. The average Bonchev–Trinajstić information content (AvgIpc) is 3.03. The molecule has 1 aromatic heterocycles. The molecule has 0 aromatic carbocycles. The highest BCUT2D eigenvalue weighted by molar-refractivity contribution is 7.99. The van der Waals surface area contributed by atoms with Crippen LogP contribution in [0.5, 0.6) is 5.88 Å². The SMILES string of the molecule is Cn1nc(O)c(=O)nc1SCC1=C(C(=O)O)N2C(=O)[C@H]3NCCC1[C@H]32.O=C(O)C(F)(F)F. The Labute approximate surface area is 180 Å². The Balaban J connectivity index is 0.000000360. The number of halogens is 3. The third kappa shape index (κ3) is 4.14. The Bertz CT molecular complexity index is 1070. The molecule has 3 aliphatic heterocycles. The van der Waals surface area contributed by atoms with E-state index < -0.39 is 29.6 Å². The monoisotopic (exact) mass is 479 g/mol. The number of nitrogens with one attached hydrogen (secondary N) is 1. The van der Waals surface area contributed by atoms with Gasteiger partial charge in [0.15, 0.2) is 5.16 Å². The molecular formula is C16H16F3N5O7S. The number of aromatic nitrogens is 3. The third-order valence-electron chi connectivity index (χ3n) is 5.08. The normalized spacial score (nSPS) is 23.8. The maximum Gasteiger partial charge on any atom is 0.490 e. The third-order valence-corrected chi connectivity index (χ3v) is 6.15. The first kappa shape index (κ1) is 23.5. The van der Waals surface area contributed by atoms with Gasteiger partial charge >= 0.3 is 23.7 Å². The first-order valence-corrected chi connectivity index (χ1v) is 9.93. The minimum Gasteiger partial charge on any atom is -0.488 e. The van der Waals surface area contributed by atoms with Gasteiger partial charge in [-0.3, -0.25) is 14.5 Å². The number of carboxylic acids is 2. The van der Waals surface area contributed by atoms with Gasteiger partial charge in [-0.15, -0.1) is 5.10 Å². The van der Waals surface area contributed by atoms with Crippen LogP contribution in [-0.4, -0.2) is 83.4 Å². The molecule has 0 bridgehead atoms. The Morgan fingerprint density at radius 3 is 2.47 bits per heavy atom. The molecule has 1 unspecified atom stereocenters. The molecule has 174 valence electrons. The molecule has 2 saturated heterocycles. The lowest BCUT2D eigenvalue weighted by Crippen LogP contribution is -2.71. The van der Waals surface area contributed by atoms with Gasteiger partial charge in [-0.25, -0.2) is 14.3 Å². The van der Waals surface area contributed by atoms with Crippen LogP contribution in [0.1, 0.15) is 6.42 Å². The van der Waals surface area contributed by atoms with Crippen LogP contribution in [-0.2, 0) is 21.4 Å². The second-order valence-electron chi connectivity index (χ2n) is 6.94. The molecule has 3 aliphatic rings. The number of alkyl halides is 3. The summed E-state index contributed by atoms with van der Waals surface area (Å²) in [5.74, 6) is -4.50. The second kappa shape index (κ2) is 8.42. The molecule has 4 heterocycles. The van der Waals surface area contributed by atoms with Crippen molar-refractivity contribution >= 4 is 29.6 Å². The molecule has 3 atom stereocenters. The maximum atomic E-state index is 12.2. The topological polar surface area (TPSA) is 175 Å². The van der Waals surface area contributed by atoms with E-state index in [0.29, 0.717) is 12.1 Å². The van der Waals surface area contributed by atoms with Gasteiger partial charge in [0, 0.05) is 18.7 Å². The summed E-state index contributed by atoms with van der Waals surface area (Å²) in [6, 6.07) is -0.453. The van der Waals surface area contributed by atoms with E-state index in [-0.39, 0.29) is 40.5 Å². The number of aryl methyl sites for hydroxylation is 1. The molecule has 4 N–H and O–H groups in total. The Morgan fingerprint density at radius 1 is 1.28 bits per heavy atom. The smallest absolute Gasteiger partial charge is 0.488 e. The minimum absolute atomic E-state index is 0.00958. The largest absolute Gasteiger partial charge is 0.490 e. The molecule has 2 fully saturated rings.